The molecule has 0 spiro atoms. The van der Waals surface area contributed by atoms with Crippen LogP contribution in [0.3, 0.4) is 0 Å². The van der Waals surface area contributed by atoms with Crippen molar-refractivity contribution in [3.05, 3.63) is 17.8 Å². The summed E-state index contributed by atoms with van der Waals surface area (Å²) in [4.78, 5) is 2.13. The van der Waals surface area contributed by atoms with Crippen LogP contribution in [0.15, 0.2) is 12.1 Å². The first kappa shape index (κ1) is 14.3. The summed E-state index contributed by atoms with van der Waals surface area (Å²) in [6.07, 6.45) is 6.14. The van der Waals surface area contributed by atoms with Crippen LogP contribution in [-0.2, 0) is 0 Å². The standard InChI is InChI=1S/C15H26N4/c1-15(2,16)10-11-19(3)14-9-8-13(17-18-14)12-6-4-5-7-12/h8-9,12H,4-7,10-11,16H2,1-3H3. The minimum Gasteiger partial charge on any atom is -0.358 e. The van der Waals surface area contributed by atoms with E-state index in [2.05, 4.69) is 41.1 Å². The predicted molar refractivity (Wildman–Crippen MR) is 79.4 cm³/mol. The minimum atomic E-state index is -0.133. The average molecular weight is 262 g/mol. The van der Waals surface area contributed by atoms with E-state index in [1.165, 1.54) is 25.7 Å². The van der Waals surface area contributed by atoms with Crippen molar-refractivity contribution >= 4 is 5.82 Å². The Balaban J connectivity index is 1.93. The molecule has 4 nitrogen and oxygen atoms in total. The zero-order chi connectivity index (χ0) is 13.9. The van der Waals surface area contributed by atoms with Crippen LogP contribution in [0.1, 0.15) is 57.6 Å². The molecular formula is C15H26N4. The Morgan fingerprint density at radius 3 is 2.47 bits per heavy atom. The molecule has 106 valence electrons. The van der Waals surface area contributed by atoms with Crippen molar-refractivity contribution in [2.45, 2.75) is 57.4 Å². The zero-order valence-electron chi connectivity index (χ0n) is 12.4. The van der Waals surface area contributed by atoms with Crippen LogP contribution in [0.4, 0.5) is 5.82 Å². The second-order valence-corrected chi connectivity index (χ2v) is 6.46. The van der Waals surface area contributed by atoms with Gasteiger partial charge < -0.3 is 10.6 Å². The van der Waals surface area contributed by atoms with E-state index in [4.69, 9.17) is 5.73 Å². The third-order valence-electron chi connectivity index (χ3n) is 3.93. The summed E-state index contributed by atoms with van der Waals surface area (Å²) in [5.41, 5.74) is 7.03. The molecule has 0 aliphatic heterocycles. The lowest BCUT2D eigenvalue weighted by Crippen LogP contribution is -2.36. The van der Waals surface area contributed by atoms with E-state index in [1.54, 1.807) is 0 Å². The second kappa shape index (κ2) is 5.87. The maximum atomic E-state index is 6.01. The Morgan fingerprint density at radius 2 is 1.95 bits per heavy atom. The number of hydrogen-bond donors (Lipinski definition) is 1. The van der Waals surface area contributed by atoms with Gasteiger partial charge in [-0.15, -0.1) is 5.10 Å². The lowest BCUT2D eigenvalue weighted by atomic mass is 10.0. The van der Waals surface area contributed by atoms with Crippen molar-refractivity contribution in [2.75, 3.05) is 18.5 Å². The molecule has 19 heavy (non-hydrogen) atoms. The summed E-state index contributed by atoms with van der Waals surface area (Å²) in [5.74, 6) is 1.57. The number of anilines is 1. The van der Waals surface area contributed by atoms with Crippen molar-refractivity contribution in [1.29, 1.82) is 0 Å². The Morgan fingerprint density at radius 1 is 1.26 bits per heavy atom. The van der Waals surface area contributed by atoms with Crippen molar-refractivity contribution in [3.8, 4) is 0 Å². The van der Waals surface area contributed by atoms with Crippen molar-refractivity contribution < 1.29 is 0 Å². The largest absolute Gasteiger partial charge is 0.358 e. The highest BCUT2D eigenvalue weighted by Crippen LogP contribution is 2.32. The van der Waals surface area contributed by atoms with Crippen LogP contribution >= 0.6 is 0 Å². The molecule has 0 bridgehead atoms. The highest BCUT2D eigenvalue weighted by Gasteiger charge is 2.19. The molecule has 1 fully saturated rings. The molecule has 0 radical (unpaired) electrons. The number of nitrogens with two attached hydrogens (primary N) is 1. The summed E-state index contributed by atoms with van der Waals surface area (Å²) in [6.45, 7) is 5.01. The van der Waals surface area contributed by atoms with Gasteiger partial charge >= 0.3 is 0 Å². The molecule has 1 aliphatic carbocycles. The second-order valence-electron chi connectivity index (χ2n) is 6.46. The summed E-state index contributed by atoms with van der Waals surface area (Å²) in [7, 11) is 2.05. The van der Waals surface area contributed by atoms with E-state index in [0.29, 0.717) is 5.92 Å². The van der Waals surface area contributed by atoms with E-state index in [1.807, 2.05) is 7.05 Å². The van der Waals surface area contributed by atoms with Gasteiger partial charge in [0.15, 0.2) is 5.82 Å². The summed E-state index contributed by atoms with van der Waals surface area (Å²) in [5, 5.41) is 8.76. The molecule has 2 rings (SSSR count). The van der Waals surface area contributed by atoms with Crippen LogP contribution in [0.2, 0.25) is 0 Å². The molecule has 0 atom stereocenters. The van der Waals surface area contributed by atoms with Crippen LogP contribution in [0.25, 0.3) is 0 Å². The van der Waals surface area contributed by atoms with Gasteiger partial charge in [0.25, 0.3) is 0 Å². The van der Waals surface area contributed by atoms with Crippen molar-refractivity contribution in [3.63, 3.8) is 0 Å². The number of rotatable bonds is 5. The van der Waals surface area contributed by atoms with Crippen LogP contribution < -0.4 is 10.6 Å². The van der Waals surface area contributed by atoms with Crippen LogP contribution in [0, 0.1) is 0 Å². The average Bonchev–Trinajstić information content (AvgIpc) is 2.89. The minimum absolute atomic E-state index is 0.133. The highest BCUT2D eigenvalue weighted by atomic mass is 15.2. The van der Waals surface area contributed by atoms with Gasteiger partial charge in [0.05, 0.1) is 5.69 Å². The normalized spacial score (nSPS) is 16.8. The monoisotopic (exact) mass is 262 g/mol. The number of aromatic nitrogens is 2. The molecule has 1 saturated carbocycles. The van der Waals surface area contributed by atoms with Crippen molar-refractivity contribution in [1.82, 2.24) is 10.2 Å². The van der Waals surface area contributed by atoms with Gasteiger partial charge in [-0.2, -0.15) is 5.10 Å². The van der Waals surface area contributed by atoms with Crippen LogP contribution in [0.5, 0.6) is 0 Å². The van der Waals surface area contributed by atoms with Gasteiger partial charge in [-0.05, 0) is 45.2 Å². The molecule has 2 N–H and O–H groups in total. The Kier molecular flexibility index (Phi) is 4.40. The number of hydrogen-bond acceptors (Lipinski definition) is 4. The van der Waals surface area contributed by atoms with E-state index >= 15 is 0 Å². The molecule has 0 unspecified atom stereocenters. The fraction of sp³-hybridized carbons (Fsp3) is 0.733. The molecule has 1 aromatic rings. The smallest absolute Gasteiger partial charge is 0.150 e. The molecule has 4 heteroatoms. The maximum absolute atomic E-state index is 6.01. The fourth-order valence-electron chi connectivity index (χ4n) is 2.55. The molecule has 0 amide bonds. The van der Waals surface area contributed by atoms with Gasteiger partial charge in [0.2, 0.25) is 0 Å². The van der Waals surface area contributed by atoms with Gasteiger partial charge in [-0.1, -0.05) is 12.8 Å². The maximum Gasteiger partial charge on any atom is 0.150 e. The van der Waals surface area contributed by atoms with E-state index in [-0.39, 0.29) is 5.54 Å². The van der Waals surface area contributed by atoms with E-state index in [9.17, 15) is 0 Å². The molecule has 1 aliphatic rings. The fourth-order valence-corrected chi connectivity index (χ4v) is 2.55. The molecule has 0 aromatic carbocycles. The third kappa shape index (κ3) is 4.16. The Hall–Kier alpha value is -1.16. The topological polar surface area (TPSA) is 55.0 Å². The quantitative estimate of drug-likeness (QED) is 0.886. The molecule has 0 saturated heterocycles. The zero-order valence-corrected chi connectivity index (χ0v) is 12.4. The number of nitrogens with zero attached hydrogens (tertiary/aromatic N) is 3. The first-order chi connectivity index (χ1) is 8.96. The Bertz CT molecular complexity index is 388. The lowest BCUT2D eigenvalue weighted by molar-refractivity contribution is 0.478. The van der Waals surface area contributed by atoms with Crippen LogP contribution in [-0.4, -0.2) is 29.3 Å². The van der Waals surface area contributed by atoms with Gasteiger partial charge in [0.1, 0.15) is 0 Å². The summed E-state index contributed by atoms with van der Waals surface area (Å²) < 4.78 is 0. The Labute approximate surface area is 116 Å². The van der Waals surface area contributed by atoms with E-state index in [0.717, 1.165) is 24.5 Å². The predicted octanol–water partition coefficient (Wildman–Crippen LogP) is 2.70. The SMILES string of the molecule is CN(CCC(C)(C)N)c1ccc(C2CCCC2)nn1. The third-order valence-corrected chi connectivity index (χ3v) is 3.93. The van der Waals surface area contributed by atoms with Crippen molar-refractivity contribution in [2.24, 2.45) is 5.73 Å². The highest BCUT2D eigenvalue weighted by molar-refractivity contribution is 5.36. The van der Waals surface area contributed by atoms with Gasteiger partial charge in [-0.3, -0.25) is 0 Å². The molecular weight excluding hydrogens is 236 g/mol. The summed E-state index contributed by atoms with van der Waals surface area (Å²) in [6, 6.07) is 4.23. The lowest BCUT2D eigenvalue weighted by Gasteiger charge is -2.24. The first-order valence-corrected chi connectivity index (χ1v) is 7.29. The molecule has 1 aromatic heterocycles. The molecule has 1 heterocycles. The van der Waals surface area contributed by atoms with E-state index < -0.39 is 0 Å². The first-order valence-electron chi connectivity index (χ1n) is 7.29. The van der Waals surface area contributed by atoms with Gasteiger partial charge in [-0.25, -0.2) is 0 Å². The van der Waals surface area contributed by atoms with Gasteiger partial charge in [0, 0.05) is 25.0 Å². The summed E-state index contributed by atoms with van der Waals surface area (Å²) >= 11 is 0.